The van der Waals surface area contributed by atoms with Crippen molar-refractivity contribution in [3.05, 3.63) is 41.4 Å². The van der Waals surface area contributed by atoms with Crippen LogP contribution in [0.2, 0.25) is 5.02 Å². The van der Waals surface area contributed by atoms with E-state index in [1.807, 2.05) is 35.9 Å². The molecule has 2 aromatic rings. The van der Waals surface area contributed by atoms with Crippen molar-refractivity contribution in [3.8, 4) is 5.69 Å². The Hall–Kier alpha value is -0.900. The molecular formula is C10H12Cl3N3. The van der Waals surface area contributed by atoms with Gasteiger partial charge < -0.3 is 10.3 Å². The molecule has 0 saturated carbocycles. The van der Waals surface area contributed by atoms with Crippen LogP contribution in [0.25, 0.3) is 5.69 Å². The number of hydrogen-bond acceptors (Lipinski definition) is 2. The first-order valence-electron chi connectivity index (χ1n) is 4.24. The zero-order valence-corrected chi connectivity index (χ0v) is 10.9. The summed E-state index contributed by atoms with van der Waals surface area (Å²) >= 11 is 6.06. The Labute approximate surface area is 111 Å². The monoisotopic (exact) mass is 279 g/mol. The van der Waals surface area contributed by atoms with Gasteiger partial charge in [0.2, 0.25) is 0 Å². The highest BCUT2D eigenvalue weighted by Gasteiger charge is 2.08. The van der Waals surface area contributed by atoms with Crippen LogP contribution in [0.4, 0.5) is 5.69 Å². The largest absolute Gasteiger partial charge is 0.397 e. The van der Waals surface area contributed by atoms with Crippen LogP contribution < -0.4 is 5.73 Å². The molecule has 6 heteroatoms. The van der Waals surface area contributed by atoms with Crippen LogP contribution in [0.1, 0.15) is 5.82 Å². The van der Waals surface area contributed by atoms with Crippen molar-refractivity contribution >= 4 is 42.1 Å². The van der Waals surface area contributed by atoms with Gasteiger partial charge in [-0.2, -0.15) is 0 Å². The molecule has 0 unspecified atom stereocenters. The van der Waals surface area contributed by atoms with Gasteiger partial charge in [0.1, 0.15) is 5.82 Å². The molecule has 0 aliphatic rings. The number of hydrogen-bond donors (Lipinski definition) is 1. The van der Waals surface area contributed by atoms with Crippen LogP contribution in [0.3, 0.4) is 0 Å². The second-order valence-corrected chi connectivity index (χ2v) is 3.43. The van der Waals surface area contributed by atoms with Gasteiger partial charge in [-0.3, -0.25) is 0 Å². The predicted octanol–water partition coefficient (Wildman–Crippen LogP) is 3.26. The zero-order chi connectivity index (χ0) is 10.1. The van der Waals surface area contributed by atoms with E-state index in [1.54, 1.807) is 6.20 Å². The summed E-state index contributed by atoms with van der Waals surface area (Å²) in [5.41, 5.74) is 7.30. The molecule has 0 saturated heterocycles. The Morgan fingerprint density at radius 1 is 1.31 bits per heavy atom. The molecule has 0 amide bonds. The number of para-hydroxylation sites is 1. The van der Waals surface area contributed by atoms with Crippen molar-refractivity contribution in [1.82, 2.24) is 9.55 Å². The van der Waals surface area contributed by atoms with E-state index in [-0.39, 0.29) is 24.8 Å². The first-order chi connectivity index (χ1) is 6.70. The molecule has 16 heavy (non-hydrogen) atoms. The third kappa shape index (κ3) is 2.61. The maximum Gasteiger partial charge on any atom is 0.110 e. The highest BCUT2D eigenvalue weighted by molar-refractivity contribution is 6.32. The summed E-state index contributed by atoms with van der Waals surface area (Å²) in [6, 6.07) is 5.46. The minimum atomic E-state index is 0. The summed E-state index contributed by atoms with van der Waals surface area (Å²) in [6.45, 7) is 1.91. The summed E-state index contributed by atoms with van der Waals surface area (Å²) in [7, 11) is 0. The highest BCUT2D eigenvalue weighted by atomic mass is 35.5. The van der Waals surface area contributed by atoms with E-state index in [0.717, 1.165) is 11.5 Å². The molecule has 1 aromatic heterocycles. The Morgan fingerprint density at radius 3 is 2.50 bits per heavy atom. The summed E-state index contributed by atoms with van der Waals surface area (Å²) in [6.07, 6.45) is 3.56. The van der Waals surface area contributed by atoms with Crippen LogP contribution in [0, 0.1) is 6.92 Å². The van der Waals surface area contributed by atoms with E-state index in [9.17, 15) is 0 Å². The zero-order valence-electron chi connectivity index (χ0n) is 8.55. The topological polar surface area (TPSA) is 43.8 Å². The standard InChI is InChI=1S/C10H10ClN3.2ClH/c1-7-13-5-6-14(7)10-8(11)3-2-4-9(10)12;;/h2-6H,12H2,1H3;2*1H. The molecule has 1 heterocycles. The number of benzene rings is 1. The molecule has 0 spiro atoms. The van der Waals surface area contributed by atoms with Gasteiger partial charge >= 0.3 is 0 Å². The molecule has 0 aliphatic carbocycles. The third-order valence-electron chi connectivity index (χ3n) is 2.08. The smallest absolute Gasteiger partial charge is 0.110 e. The van der Waals surface area contributed by atoms with Gasteiger partial charge in [0.25, 0.3) is 0 Å². The molecule has 0 aliphatic heterocycles. The lowest BCUT2D eigenvalue weighted by atomic mass is 10.2. The van der Waals surface area contributed by atoms with E-state index in [0.29, 0.717) is 10.7 Å². The van der Waals surface area contributed by atoms with Crippen molar-refractivity contribution in [2.45, 2.75) is 6.92 Å². The van der Waals surface area contributed by atoms with Gasteiger partial charge in [0, 0.05) is 12.4 Å². The number of nitrogen functional groups attached to an aromatic ring is 1. The lowest BCUT2D eigenvalue weighted by molar-refractivity contribution is 0.977. The fourth-order valence-corrected chi connectivity index (χ4v) is 1.67. The molecule has 0 fully saturated rings. The molecule has 0 bridgehead atoms. The number of rotatable bonds is 1. The average Bonchev–Trinajstić information content (AvgIpc) is 2.52. The molecule has 3 nitrogen and oxygen atoms in total. The first kappa shape index (κ1) is 15.1. The van der Waals surface area contributed by atoms with Crippen LogP contribution >= 0.6 is 36.4 Å². The average molecular weight is 281 g/mol. The van der Waals surface area contributed by atoms with Crippen LogP contribution in [-0.4, -0.2) is 9.55 Å². The Kier molecular flexibility index (Phi) is 5.65. The van der Waals surface area contributed by atoms with Gasteiger partial charge in [-0.1, -0.05) is 17.7 Å². The van der Waals surface area contributed by atoms with Gasteiger partial charge in [0.05, 0.1) is 16.4 Å². The summed E-state index contributed by atoms with van der Waals surface area (Å²) < 4.78 is 1.87. The number of imidazole rings is 1. The lowest BCUT2D eigenvalue weighted by Gasteiger charge is -2.09. The molecule has 0 atom stereocenters. The number of halogens is 3. The van der Waals surface area contributed by atoms with Crippen molar-refractivity contribution in [2.24, 2.45) is 0 Å². The van der Waals surface area contributed by atoms with Crippen molar-refractivity contribution < 1.29 is 0 Å². The molecule has 2 N–H and O–H groups in total. The second-order valence-electron chi connectivity index (χ2n) is 3.02. The summed E-state index contributed by atoms with van der Waals surface area (Å²) in [5, 5.41) is 0.631. The Bertz CT molecular complexity index is 448. The molecule has 88 valence electrons. The summed E-state index contributed by atoms with van der Waals surface area (Å²) in [4.78, 5) is 4.12. The van der Waals surface area contributed by atoms with Crippen LogP contribution in [0.15, 0.2) is 30.6 Å². The van der Waals surface area contributed by atoms with E-state index in [2.05, 4.69) is 4.98 Å². The van der Waals surface area contributed by atoms with E-state index >= 15 is 0 Å². The molecular weight excluding hydrogens is 268 g/mol. The quantitative estimate of drug-likeness (QED) is 0.815. The van der Waals surface area contributed by atoms with Gasteiger partial charge in [-0.25, -0.2) is 4.98 Å². The van der Waals surface area contributed by atoms with Crippen LogP contribution in [0.5, 0.6) is 0 Å². The lowest BCUT2D eigenvalue weighted by Crippen LogP contribution is -2.01. The second kappa shape index (κ2) is 5.99. The van der Waals surface area contributed by atoms with Gasteiger partial charge in [-0.15, -0.1) is 24.8 Å². The van der Waals surface area contributed by atoms with Gasteiger partial charge in [-0.05, 0) is 19.1 Å². The van der Waals surface area contributed by atoms with Crippen molar-refractivity contribution in [3.63, 3.8) is 0 Å². The minimum Gasteiger partial charge on any atom is -0.397 e. The fourth-order valence-electron chi connectivity index (χ4n) is 1.40. The number of nitrogens with zero attached hydrogens (tertiary/aromatic N) is 2. The van der Waals surface area contributed by atoms with Crippen molar-refractivity contribution in [2.75, 3.05) is 5.73 Å². The van der Waals surface area contributed by atoms with Crippen LogP contribution in [-0.2, 0) is 0 Å². The first-order valence-corrected chi connectivity index (χ1v) is 4.62. The normalized spacial score (nSPS) is 9.12. The molecule has 1 aromatic carbocycles. The molecule has 0 radical (unpaired) electrons. The number of aromatic nitrogens is 2. The number of aryl methyl sites for hydroxylation is 1. The third-order valence-corrected chi connectivity index (χ3v) is 2.39. The maximum atomic E-state index is 6.06. The van der Waals surface area contributed by atoms with E-state index in [4.69, 9.17) is 17.3 Å². The van der Waals surface area contributed by atoms with E-state index in [1.165, 1.54) is 0 Å². The Morgan fingerprint density at radius 2 is 2.00 bits per heavy atom. The predicted molar refractivity (Wildman–Crippen MR) is 72.2 cm³/mol. The SMILES string of the molecule is Cc1nccn1-c1c(N)cccc1Cl.Cl.Cl. The fraction of sp³-hybridized carbons (Fsp3) is 0.100. The van der Waals surface area contributed by atoms with Crippen molar-refractivity contribution in [1.29, 1.82) is 0 Å². The maximum absolute atomic E-state index is 6.06. The molecule has 2 rings (SSSR count). The number of anilines is 1. The minimum absolute atomic E-state index is 0. The number of nitrogens with two attached hydrogens (primary N) is 1. The Balaban J connectivity index is 0.00000112. The van der Waals surface area contributed by atoms with E-state index < -0.39 is 0 Å². The van der Waals surface area contributed by atoms with Gasteiger partial charge in [0.15, 0.2) is 0 Å². The highest BCUT2D eigenvalue weighted by Crippen LogP contribution is 2.26. The summed E-state index contributed by atoms with van der Waals surface area (Å²) in [5.74, 6) is 0.866.